The summed E-state index contributed by atoms with van der Waals surface area (Å²) in [6.07, 6.45) is 12.3. The van der Waals surface area contributed by atoms with Gasteiger partial charge in [-0.15, -0.1) is 0 Å². The van der Waals surface area contributed by atoms with Crippen LogP contribution in [0, 0.1) is 17.8 Å². The number of amides is 1. The zero-order chi connectivity index (χ0) is 15.8. The Bertz CT molecular complexity index is 680. The molecule has 5 nitrogen and oxygen atoms in total. The second-order valence-electron chi connectivity index (χ2n) is 6.98. The van der Waals surface area contributed by atoms with Crippen molar-refractivity contribution in [2.75, 3.05) is 0 Å². The molecule has 23 heavy (non-hydrogen) atoms. The topological polar surface area (TPSA) is 59.8 Å². The lowest BCUT2D eigenvalue weighted by molar-refractivity contribution is 0.0915. The standard InChI is InChI=1S/C18H22N4O/c1-12(16-9-13-2-3-14(16)8-13)21-18(23)15-4-5-17(20-10-15)22-7-6-19-11-22/h4-7,10-14,16H,2-3,8-9H2,1H3,(H,21,23). The minimum atomic E-state index is -0.0232. The van der Waals surface area contributed by atoms with E-state index in [2.05, 4.69) is 22.2 Å². The maximum Gasteiger partial charge on any atom is 0.253 e. The van der Waals surface area contributed by atoms with Gasteiger partial charge in [-0.25, -0.2) is 9.97 Å². The van der Waals surface area contributed by atoms with Crippen LogP contribution in [0.15, 0.2) is 37.1 Å². The summed E-state index contributed by atoms with van der Waals surface area (Å²) in [6, 6.07) is 3.91. The van der Waals surface area contributed by atoms with Gasteiger partial charge in [0.05, 0.1) is 5.56 Å². The summed E-state index contributed by atoms with van der Waals surface area (Å²) >= 11 is 0. The van der Waals surface area contributed by atoms with E-state index in [1.165, 1.54) is 25.7 Å². The number of pyridine rings is 1. The van der Waals surface area contributed by atoms with E-state index in [1.54, 1.807) is 18.7 Å². The monoisotopic (exact) mass is 310 g/mol. The van der Waals surface area contributed by atoms with Crippen molar-refractivity contribution in [1.29, 1.82) is 0 Å². The average Bonchev–Trinajstić information content (AvgIpc) is 3.32. The van der Waals surface area contributed by atoms with Gasteiger partial charge in [0.1, 0.15) is 12.1 Å². The third-order valence-electron chi connectivity index (χ3n) is 5.57. The largest absolute Gasteiger partial charge is 0.349 e. The lowest BCUT2D eigenvalue weighted by atomic mass is 9.84. The van der Waals surface area contributed by atoms with Crippen molar-refractivity contribution in [2.24, 2.45) is 17.8 Å². The molecule has 2 aromatic heterocycles. The van der Waals surface area contributed by atoms with Gasteiger partial charge in [-0.05, 0) is 56.1 Å². The molecule has 4 unspecified atom stereocenters. The van der Waals surface area contributed by atoms with Crippen molar-refractivity contribution in [3.05, 3.63) is 42.6 Å². The molecule has 2 aliphatic rings. The van der Waals surface area contributed by atoms with Gasteiger partial charge >= 0.3 is 0 Å². The molecule has 0 radical (unpaired) electrons. The highest BCUT2D eigenvalue weighted by Gasteiger charge is 2.42. The minimum absolute atomic E-state index is 0.0232. The van der Waals surface area contributed by atoms with Crippen LogP contribution in [0.5, 0.6) is 0 Å². The molecule has 1 N–H and O–H groups in total. The van der Waals surface area contributed by atoms with Crippen molar-refractivity contribution in [3.8, 4) is 5.82 Å². The van der Waals surface area contributed by atoms with Crippen LogP contribution in [-0.4, -0.2) is 26.5 Å². The maximum atomic E-state index is 12.4. The van der Waals surface area contributed by atoms with Crippen LogP contribution >= 0.6 is 0 Å². The first-order chi connectivity index (χ1) is 11.2. The number of carbonyl (C=O) groups excluding carboxylic acids is 1. The van der Waals surface area contributed by atoms with Crippen molar-refractivity contribution < 1.29 is 4.79 Å². The molecule has 120 valence electrons. The number of fused-ring (bicyclic) bond motifs is 2. The highest BCUT2D eigenvalue weighted by atomic mass is 16.1. The van der Waals surface area contributed by atoms with E-state index in [9.17, 15) is 4.79 Å². The lowest BCUT2D eigenvalue weighted by Gasteiger charge is -2.28. The van der Waals surface area contributed by atoms with Crippen molar-refractivity contribution in [1.82, 2.24) is 19.9 Å². The Morgan fingerprint density at radius 2 is 2.26 bits per heavy atom. The van der Waals surface area contributed by atoms with Crippen molar-refractivity contribution >= 4 is 5.91 Å². The van der Waals surface area contributed by atoms with Crippen LogP contribution < -0.4 is 5.32 Å². The Labute approximate surface area is 136 Å². The molecule has 4 atom stereocenters. The molecule has 0 aromatic carbocycles. The maximum absolute atomic E-state index is 12.4. The third kappa shape index (κ3) is 2.76. The Balaban J connectivity index is 1.41. The Hall–Kier alpha value is -2.17. The smallest absolute Gasteiger partial charge is 0.253 e. The molecule has 0 saturated heterocycles. The predicted octanol–water partition coefficient (Wildman–Crippen LogP) is 2.82. The molecular formula is C18H22N4O. The molecule has 2 aromatic rings. The summed E-state index contributed by atoms with van der Waals surface area (Å²) in [5.41, 5.74) is 0.615. The Morgan fingerprint density at radius 1 is 1.35 bits per heavy atom. The van der Waals surface area contributed by atoms with Crippen LogP contribution in [0.1, 0.15) is 43.0 Å². The number of nitrogens with zero attached hydrogens (tertiary/aromatic N) is 3. The summed E-state index contributed by atoms with van der Waals surface area (Å²) in [5.74, 6) is 3.11. The van der Waals surface area contributed by atoms with Gasteiger partial charge in [0.2, 0.25) is 0 Å². The predicted molar refractivity (Wildman–Crippen MR) is 87.2 cm³/mol. The minimum Gasteiger partial charge on any atom is -0.349 e. The van der Waals surface area contributed by atoms with E-state index in [0.717, 1.165) is 17.7 Å². The van der Waals surface area contributed by atoms with Gasteiger partial charge in [-0.1, -0.05) is 6.42 Å². The molecule has 2 aliphatic carbocycles. The fourth-order valence-corrected chi connectivity index (χ4v) is 4.37. The van der Waals surface area contributed by atoms with Gasteiger partial charge in [-0.3, -0.25) is 9.36 Å². The van der Waals surface area contributed by atoms with Crippen LogP contribution in [0.25, 0.3) is 5.82 Å². The first kappa shape index (κ1) is 14.4. The number of hydrogen-bond acceptors (Lipinski definition) is 3. The second-order valence-corrected chi connectivity index (χ2v) is 6.98. The second kappa shape index (κ2) is 5.80. The van der Waals surface area contributed by atoms with E-state index in [1.807, 2.05) is 22.9 Å². The van der Waals surface area contributed by atoms with E-state index in [4.69, 9.17) is 0 Å². The highest BCUT2D eigenvalue weighted by Crippen LogP contribution is 2.49. The van der Waals surface area contributed by atoms with E-state index < -0.39 is 0 Å². The van der Waals surface area contributed by atoms with Gasteiger partial charge in [0.15, 0.2) is 0 Å². The lowest BCUT2D eigenvalue weighted by Crippen LogP contribution is -2.40. The normalized spacial score (nSPS) is 27.1. The average molecular weight is 310 g/mol. The van der Waals surface area contributed by atoms with E-state index in [0.29, 0.717) is 11.5 Å². The molecule has 4 rings (SSSR count). The number of imidazole rings is 1. The van der Waals surface area contributed by atoms with E-state index in [-0.39, 0.29) is 11.9 Å². The van der Waals surface area contributed by atoms with Crippen molar-refractivity contribution in [3.63, 3.8) is 0 Å². The number of carbonyl (C=O) groups is 1. The molecule has 2 fully saturated rings. The first-order valence-electron chi connectivity index (χ1n) is 8.46. The van der Waals surface area contributed by atoms with E-state index >= 15 is 0 Å². The zero-order valence-electron chi connectivity index (χ0n) is 13.4. The van der Waals surface area contributed by atoms with Crippen LogP contribution in [0.4, 0.5) is 0 Å². The Kier molecular flexibility index (Phi) is 3.63. The summed E-state index contributed by atoms with van der Waals surface area (Å²) < 4.78 is 1.82. The van der Waals surface area contributed by atoms with Gasteiger partial charge in [0.25, 0.3) is 5.91 Å². The third-order valence-corrected chi connectivity index (χ3v) is 5.57. The molecule has 1 amide bonds. The zero-order valence-corrected chi connectivity index (χ0v) is 13.4. The number of aromatic nitrogens is 3. The highest BCUT2D eigenvalue weighted by molar-refractivity contribution is 5.94. The quantitative estimate of drug-likeness (QED) is 0.944. The van der Waals surface area contributed by atoms with Gasteiger partial charge in [0, 0.05) is 24.6 Å². The molecule has 0 aliphatic heterocycles. The van der Waals surface area contributed by atoms with Crippen LogP contribution in [0.2, 0.25) is 0 Å². The number of hydrogen-bond donors (Lipinski definition) is 1. The molecule has 2 bridgehead atoms. The molecule has 2 heterocycles. The van der Waals surface area contributed by atoms with Crippen LogP contribution in [-0.2, 0) is 0 Å². The van der Waals surface area contributed by atoms with Crippen molar-refractivity contribution in [2.45, 2.75) is 38.6 Å². The Morgan fingerprint density at radius 3 is 2.87 bits per heavy atom. The molecular weight excluding hydrogens is 288 g/mol. The molecule has 2 saturated carbocycles. The van der Waals surface area contributed by atoms with Gasteiger partial charge < -0.3 is 5.32 Å². The summed E-state index contributed by atoms with van der Waals surface area (Å²) in [5, 5.41) is 3.18. The number of rotatable bonds is 4. The SMILES string of the molecule is CC(NC(=O)c1ccc(-n2ccnc2)nc1)C1CC2CCC1C2. The molecule has 5 heteroatoms. The first-order valence-corrected chi connectivity index (χ1v) is 8.46. The summed E-state index contributed by atoms with van der Waals surface area (Å²) in [7, 11) is 0. The fraction of sp³-hybridized carbons (Fsp3) is 0.500. The summed E-state index contributed by atoms with van der Waals surface area (Å²) in [6.45, 7) is 2.15. The summed E-state index contributed by atoms with van der Waals surface area (Å²) in [4.78, 5) is 20.8. The van der Waals surface area contributed by atoms with Gasteiger partial charge in [-0.2, -0.15) is 0 Å². The molecule has 0 spiro atoms. The number of nitrogens with one attached hydrogen (secondary N) is 1. The fourth-order valence-electron chi connectivity index (χ4n) is 4.37. The van der Waals surface area contributed by atoms with Crippen LogP contribution in [0.3, 0.4) is 0 Å².